The van der Waals surface area contributed by atoms with E-state index in [1.54, 1.807) is 6.20 Å². The largest absolute Gasteiger partial charge is 0.339 e. The fourth-order valence-corrected chi connectivity index (χ4v) is 3.12. The summed E-state index contributed by atoms with van der Waals surface area (Å²) in [6, 6.07) is 10.1. The van der Waals surface area contributed by atoms with Gasteiger partial charge in [0.15, 0.2) is 5.82 Å². The molecule has 23 heavy (non-hydrogen) atoms. The Balaban J connectivity index is 1.49. The van der Waals surface area contributed by atoms with Crippen LogP contribution in [0.15, 0.2) is 47.2 Å². The van der Waals surface area contributed by atoms with Crippen LogP contribution in [0.5, 0.6) is 0 Å². The summed E-state index contributed by atoms with van der Waals surface area (Å²) in [6.45, 7) is 0. The molecule has 6 heteroatoms. The van der Waals surface area contributed by atoms with Gasteiger partial charge in [0, 0.05) is 12.4 Å². The van der Waals surface area contributed by atoms with Crippen LogP contribution in [0.4, 0.5) is 0 Å². The highest BCUT2D eigenvalue weighted by Crippen LogP contribution is 2.34. The molecule has 1 aromatic carbocycles. The minimum Gasteiger partial charge on any atom is -0.339 e. The summed E-state index contributed by atoms with van der Waals surface area (Å²) >= 11 is 0. The van der Waals surface area contributed by atoms with E-state index in [2.05, 4.69) is 27.4 Å². The van der Waals surface area contributed by atoms with Gasteiger partial charge in [-0.1, -0.05) is 30.1 Å². The molecule has 3 aromatic rings. The Hall–Kier alpha value is -2.47. The van der Waals surface area contributed by atoms with Gasteiger partial charge in [-0.25, -0.2) is 4.68 Å². The molecule has 0 radical (unpaired) electrons. The first kappa shape index (κ1) is 14.1. The second-order valence-corrected chi connectivity index (χ2v) is 6.17. The van der Waals surface area contributed by atoms with Crippen molar-refractivity contribution in [3.05, 3.63) is 60.0 Å². The van der Waals surface area contributed by atoms with E-state index in [0.717, 1.165) is 36.9 Å². The lowest BCUT2D eigenvalue weighted by molar-refractivity contribution is 0.352. The fraction of sp³-hybridized carbons (Fsp3) is 0.353. The maximum Gasteiger partial charge on any atom is 0.231 e. The van der Waals surface area contributed by atoms with Gasteiger partial charge in [-0.3, -0.25) is 0 Å². The lowest BCUT2D eigenvalue weighted by atomic mass is 9.99. The first-order chi connectivity index (χ1) is 11.2. The Labute approximate surface area is 134 Å². The zero-order chi connectivity index (χ0) is 15.7. The highest BCUT2D eigenvalue weighted by molar-refractivity contribution is 5.34. The SMILES string of the molecule is NC1(c2noc(Cc3ccc(-n4cccn4)cc3)n2)CCCC1. The van der Waals surface area contributed by atoms with Crippen molar-refractivity contribution >= 4 is 0 Å². The smallest absolute Gasteiger partial charge is 0.231 e. The third kappa shape index (κ3) is 2.77. The van der Waals surface area contributed by atoms with Gasteiger partial charge in [-0.15, -0.1) is 0 Å². The summed E-state index contributed by atoms with van der Waals surface area (Å²) < 4.78 is 7.22. The van der Waals surface area contributed by atoms with Crippen molar-refractivity contribution in [2.75, 3.05) is 0 Å². The molecule has 1 aliphatic rings. The van der Waals surface area contributed by atoms with Crippen molar-refractivity contribution in [1.29, 1.82) is 0 Å². The maximum absolute atomic E-state index is 6.37. The molecule has 0 atom stereocenters. The number of rotatable bonds is 4. The molecule has 2 N–H and O–H groups in total. The highest BCUT2D eigenvalue weighted by Gasteiger charge is 2.35. The van der Waals surface area contributed by atoms with Crippen LogP contribution in [0.25, 0.3) is 5.69 Å². The Bertz CT molecular complexity index is 770. The molecule has 1 fully saturated rings. The van der Waals surface area contributed by atoms with E-state index in [0.29, 0.717) is 18.1 Å². The number of nitrogens with two attached hydrogens (primary N) is 1. The van der Waals surface area contributed by atoms with Crippen LogP contribution in [0.1, 0.15) is 43.0 Å². The Kier molecular flexibility index (Phi) is 3.46. The van der Waals surface area contributed by atoms with Crippen molar-refractivity contribution in [1.82, 2.24) is 19.9 Å². The standard InChI is InChI=1S/C17H19N5O/c18-17(8-1-2-9-17)16-20-15(23-21-16)12-13-4-6-14(7-5-13)22-11-3-10-19-22/h3-7,10-11H,1-2,8-9,12,18H2. The minimum absolute atomic E-state index is 0.397. The number of nitrogens with zero attached hydrogens (tertiary/aromatic N) is 4. The topological polar surface area (TPSA) is 82.8 Å². The quantitative estimate of drug-likeness (QED) is 0.801. The Morgan fingerprint density at radius 3 is 2.65 bits per heavy atom. The van der Waals surface area contributed by atoms with Crippen LogP contribution < -0.4 is 5.73 Å². The molecule has 0 amide bonds. The molecule has 6 nitrogen and oxygen atoms in total. The number of hydrogen-bond donors (Lipinski definition) is 1. The molecule has 0 spiro atoms. The van der Waals surface area contributed by atoms with Crippen molar-refractivity contribution in [2.24, 2.45) is 5.73 Å². The minimum atomic E-state index is -0.397. The average molecular weight is 309 g/mol. The predicted molar refractivity (Wildman–Crippen MR) is 85.0 cm³/mol. The molecule has 2 heterocycles. The van der Waals surface area contributed by atoms with Crippen LogP contribution in [-0.2, 0) is 12.0 Å². The Morgan fingerprint density at radius 2 is 1.96 bits per heavy atom. The lowest BCUT2D eigenvalue weighted by Crippen LogP contribution is -2.34. The molecule has 0 bridgehead atoms. The molecule has 2 aromatic heterocycles. The molecule has 118 valence electrons. The monoisotopic (exact) mass is 309 g/mol. The maximum atomic E-state index is 6.37. The van der Waals surface area contributed by atoms with Gasteiger partial charge in [-0.05, 0) is 36.6 Å². The molecular formula is C17H19N5O. The summed E-state index contributed by atoms with van der Waals surface area (Å²) in [5.74, 6) is 1.27. The number of hydrogen-bond acceptors (Lipinski definition) is 5. The van der Waals surface area contributed by atoms with Crippen LogP contribution >= 0.6 is 0 Å². The van der Waals surface area contributed by atoms with E-state index < -0.39 is 5.54 Å². The van der Waals surface area contributed by atoms with Crippen molar-refractivity contribution < 1.29 is 4.52 Å². The molecule has 1 saturated carbocycles. The van der Waals surface area contributed by atoms with E-state index in [1.165, 1.54) is 0 Å². The van der Waals surface area contributed by atoms with E-state index in [9.17, 15) is 0 Å². The molecule has 4 rings (SSSR count). The van der Waals surface area contributed by atoms with Gasteiger partial charge >= 0.3 is 0 Å². The van der Waals surface area contributed by atoms with Gasteiger partial charge in [0.1, 0.15) is 0 Å². The zero-order valence-electron chi connectivity index (χ0n) is 12.9. The van der Waals surface area contributed by atoms with Crippen molar-refractivity contribution in [3.8, 4) is 5.69 Å². The first-order valence-electron chi connectivity index (χ1n) is 7.94. The van der Waals surface area contributed by atoms with Gasteiger partial charge in [-0.2, -0.15) is 10.1 Å². The molecule has 0 saturated heterocycles. The summed E-state index contributed by atoms with van der Waals surface area (Å²) in [7, 11) is 0. The lowest BCUT2D eigenvalue weighted by Gasteiger charge is -2.17. The summed E-state index contributed by atoms with van der Waals surface area (Å²) in [4.78, 5) is 4.51. The normalized spacial score (nSPS) is 16.7. The van der Waals surface area contributed by atoms with Crippen LogP contribution in [-0.4, -0.2) is 19.9 Å². The fourth-order valence-electron chi connectivity index (χ4n) is 3.12. The van der Waals surface area contributed by atoms with E-state index in [-0.39, 0.29) is 0 Å². The second-order valence-electron chi connectivity index (χ2n) is 6.17. The van der Waals surface area contributed by atoms with Gasteiger partial charge in [0.05, 0.1) is 17.6 Å². The van der Waals surface area contributed by atoms with E-state index in [4.69, 9.17) is 10.3 Å². The van der Waals surface area contributed by atoms with Gasteiger partial charge < -0.3 is 10.3 Å². The Morgan fingerprint density at radius 1 is 1.17 bits per heavy atom. The third-order valence-electron chi connectivity index (χ3n) is 4.47. The number of aromatic nitrogens is 4. The highest BCUT2D eigenvalue weighted by atomic mass is 16.5. The molecular weight excluding hydrogens is 290 g/mol. The molecule has 0 aliphatic heterocycles. The zero-order valence-corrected chi connectivity index (χ0v) is 12.9. The van der Waals surface area contributed by atoms with Crippen LogP contribution in [0.2, 0.25) is 0 Å². The van der Waals surface area contributed by atoms with Crippen LogP contribution in [0.3, 0.4) is 0 Å². The molecule has 1 aliphatic carbocycles. The average Bonchev–Trinajstić information content (AvgIpc) is 3.29. The van der Waals surface area contributed by atoms with E-state index in [1.807, 2.05) is 29.1 Å². The summed E-state index contributed by atoms with van der Waals surface area (Å²) in [5, 5.41) is 8.32. The predicted octanol–water partition coefficient (Wildman–Crippen LogP) is 2.57. The summed E-state index contributed by atoms with van der Waals surface area (Å²) in [5.41, 5.74) is 8.11. The van der Waals surface area contributed by atoms with Crippen molar-refractivity contribution in [2.45, 2.75) is 37.6 Å². The first-order valence-corrected chi connectivity index (χ1v) is 7.94. The van der Waals surface area contributed by atoms with Crippen molar-refractivity contribution in [3.63, 3.8) is 0 Å². The van der Waals surface area contributed by atoms with Gasteiger partial charge in [0.2, 0.25) is 5.89 Å². The molecule has 0 unspecified atom stereocenters. The number of benzene rings is 1. The van der Waals surface area contributed by atoms with E-state index >= 15 is 0 Å². The third-order valence-corrected chi connectivity index (χ3v) is 4.47. The van der Waals surface area contributed by atoms with Crippen LogP contribution in [0, 0.1) is 0 Å². The van der Waals surface area contributed by atoms with Gasteiger partial charge in [0.25, 0.3) is 0 Å². The summed E-state index contributed by atoms with van der Waals surface area (Å²) in [6.07, 6.45) is 8.43. The second kappa shape index (κ2) is 5.62.